The summed E-state index contributed by atoms with van der Waals surface area (Å²) in [4.78, 5) is 11.0. The van der Waals surface area contributed by atoms with Crippen LogP contribution in [0.2, 0.25) is 0 Å². The van der Waals surface area contributed by atoms with E-state index in [1.807, 2.05) is 20.8 Å². The fraction of sp³-hybridized carbons (Fsp3) is 0.588. The van der Waals surface area contributed by atoms with Crippen LogP contribution in [0.15, 0.2) is 23.1 Å². The topological polar surface area (TPSA) is 105 Å². The molecule has 1 aromatic carbocycles. The third kappa shape index (κ3) is 3.33. The van der Waals surface area contributed by atoms with Crippen molar-refractivity contribution in [2.75, 3.05) is 27.3 Å². The van der Waals surface area contributed by atoms with Crippen molar-refractivity contribution < 1.29 is 31.7 Å². The second-order valence-corrected chi connectivity index (χ2v) is 9.50. The Morgan fingerprint density at radius 3 is 2.35 bits per heavy atom. The standard InChI is InChI=1S/C17H26N2O6S/c1-17(2,3)19(9-8-12(11-19)18-16(20)21)26(22,23)13-6-7-14(24-4)15(10-13)25-5/h6-7,10,12,18H,8-9,11H2,1-5H3. The Balaban J connectivity index is 2.54. The molecule has 1 aromatic rings. The Kier molecular flexibility index (Phi) is 5.44. The van der Waals surface area contributed by atoms with E-state index in [0.29, 0.717) is 24.5 Å². The minimum atomic E-state index is -3.84. The van der Waals surface area contributed by atoms with Gasteiger partial charge in [-0.05, 0) is 32.9 Å². The van der Waals surface area contributed by atoms with Gasteiger partial charge in [-0.15, -0.1) is 0 Å². The highest BCUT2D eigenvalue weighted by Gasteiger charge is 2.56. The maximum absolute atomic E-state index is 13.6. The number of sulfonamides is 1. The van der Waals surface area contributed by atoms with Gasteiger partial charge in [0, 0.05) is 12.5 Å². The lowest BCUT2D eigenvalue weighted by Crippen LogP contribution is -2.63. The van der Waals surface area contributed by atoms with Gasteiger partial charge in [-0.3, -0.25) is 0 Å². The van der Waals surface area contributed by atoms with E-state index in [2.05, 4.69) is 5.32 Å². The molecule has 0 aromatic heterocycles. The van der Waals surface area contributed by atoms with Gasteiger partial charge in [-0.25, -0.2) is 3.89 Å². The summed E-state index contributed by atoms with van der Waals surface area (Å²) < 4.78 is 37.3. The summed E-state index contributed by atoms with van der Waals surface area (Å²) in [7, 11) is -0.915. The summed E-state index contributed by atoms with van der Waals surface area (Å²) in [6, 6.07) is 4.01. The lowest BCUT2D eigenvalue weighted by molar-refractivity contribution is -0.844. The first-order valence-corrected chi connectivity index (χ1v) is 9.74. The van der Waals surface area contributed by atoms with Gasteiger partial charge in [0.25, 0.3) is 0 Å². The fourth-order valence-electron chi connectivity index (χ4n) is 3.55. The van der Waals surface area contributed by atoms with E-state index in [1.54, 1.807) is 6.07 Å². The summed E-state index contributed by atoms with van der Waals surface area (Å²) >= 11 is 0. The van der Waals surface area contributed by atoms with Crippen molar-refractivity contribution in [1.82, 2.24) is 5.32 Å². The maximum Gasteiger partial charge on any atom is 0.327 e. The Hall–Kier alpha value is -2.00. The summed E-state index contributed by atoms with van der Waals surface area (Å²) in [5.74, 6) is 0.760. The van der Waals surface area contributed by atoms with Crippen LogP contribution in [0.3, 0.4) is 0 Å². The largest absolute Gasteiger partial charge is 0.530 e. The highest BCUT2D eigenvalue weighted by Crippen LogP contribution is 2.41. The van der Waals surface area contributed by atoms with Crippen LogP contribution in [-0.2, 0) is 10.0 Å². The highest BCUT2D eigenvalue weighted by molar-refractivity contribution is 7.86. The van der Waals surface area contributed by atoms with Crippen molar-refractivity contribution in [3.8, 4) is 11.5 Å². The lowest BCUT2D eigenvalue weighted by atomic mass is 10.1. The van der Waals surface area contributed by atoms with Gasteiger partial charge in [-0.2, -0.15) is 8.42 Å². The highest BCUT2D eigenvalue weighted by atomic mass is 32.2. The van der Waals surface area contributed by atoms with Gasteiger partial charge in [-0.1, -0.05) is 0 Å². The average Bonchev–Trinajstić information content (AvgIpc) is 2.99. The number of benzene rings is 1. The number of ether oxygens (including phenoxy) is 2. The molecule has 1 amide bonds. The van der Waals surface area contributed by atoms with Crippen LogP contribution < -0.4 is 19.9 Å². The molecule has 0 bridgehead atoms. The van der Waals surface area contributed by atoms with E-state index in [-0.39, 0.29) is 15.3 Å². The second kappa shape index (κ2) is 6.96. The molecule has 8 nitrogen and oxygen atoms in total. The zero-order chi connectivity index (χ0) is 19.8. The molecular formula is C17H26N2O6S. The number of carbonyl (C=O) groups excluding carboxylic acids is 1. The minimum Gasteiger partial charge on any atom is -0.530 e. The first-order chi connectivity index (χ1) is 12.0. The molecular weight excluding hydrogens is 360 g/mol. The van der Waals surface area contributed by atoms with Crippen LogP contribution in [0.1, 0.15) is 27.2 Å². The SMILES string of the molecule is COc1ccc(S(=O)(=O)[N+]2(C(C)(C)C)CCC(NC(=O)[O-])C2)cc1OC. The normalized spacial score (nSPS) is 23.5. The zero-order valence-electron chi connectivity index (χ0n) is 15.7. The molecule has 0 saturated carbocycles. The van der Waals surface area contributed by atoms with Crippen molar-refractivity contribution in [1.29, 1.82) is 0 Å². The minimum absolute atomic E-state index is 0.110. The molecule has 2 atom stereocenters. The molecule has 9 heteroatoms. The molecule has 1 heterocycles. The monoisotopic (exact) mass is 386 g/mol. The molecule has 2 unspecified atom stereocenters. The molecule has 2 rings (SSSR count). The smallest absolute Gasteiger partial charge is 0.327 e. The van der Waals surface area contributed by atoms with Gasteiger partial charge in [0.15, 0.2) is 11.5 Å². The number of quaternary nitrogens is 1. The summed E-state index contributed by atoms with van der Waals surface area (Å²) in [6.45, 7) is 5.95. The molecule has 1 N–H and O–H groups in total. The van der Waals surface area contributed by atoms with Gasteiger partial charge >= 0.3 is 10.0 Å². The van der Waals surface area contributed by atoms with Crippen molar-refractivity contribution in [2.24, 2.45) is 0 Å². The molecule has 0 spiro atoms. The second-order valence-electron chi connectivity index (χ2n) is 7.38. The number of methoxy groups -OCH3 is 2. The molecule has 0 aliphatic carbocycles. The van der Waals surface area contributed by atoms with E-state index in [1.165, 1.54) is 26.4 Å². The molecule has 1 fully saturated rings. The van der Waals surface area contributed by atoms with Crippen molar-refractivity contribution in [3.05, 3.63) is 18.2 Å². The molecule has 1 aliphatic heterocycles. The first kappa shape index (κ1) is 20.3. The van der Waals surface area contributed by atoms with Gasteiger partial charge in [0.2, 0.25) is 0 Å². The fourth-order valence-corrected chi connectivity index (χ4v) is 5.90. The Labute approximate surface area is 154 Å². The molecule has 1 aliphatic rings. The summed E-state index contributed by atoms with van der Waals surface area (Å²) in [6.07, 6.45) is -0.981. The summed E-state index contributed by atoms with van der Waals surface area (Å²) in [5.41, 5.74) is -0.658. The zero-order valence-corrected chi connectivity index (χ0v) is 16.6. The van der Waals surface area contributed by atoms with Crippen LogP contribution >= 0.6 is 0 Å². The van der Waals surface area contributed by atoms with Gasteiger partial charge in [0.1, 0.15) is 23.1 Å². The predicted octanol–water partition coefficient (Wildman–Crippen LogP) is 0.713. The summed E-state index contributed by atoms with van der Waals surface area (Å²) in [5, 5.41) is 13.2. The van der Waals surface area contributed by atoms with E-state index in [0.717, 1.165) is 0 Å². The number of hydrogen-bond donors (Lipinski definition) is 1. The Morgan fingerprint density at radius 1 is 1.23 bits per heavy atom. The number of likely N-dealkylation sites (tertiary alicyclic amines) is 1. The van der Waals surface area contributed by atoms with E-state index < -0.39 is 27.7 Å². The molecule has 26 heavy (non-hydrogen) atoms. The number of carboxylic acid groups (broad SMARTS) is 1. The molecule has 0 radical (unpaired) electrons. The first-order valence-electron chi connectivity index (χ1n) is 8.30. The van der Waals surface area contributed by atoms with Crippen molar-refractivity contribution in [3.63, 3.8) is 0 Å². The number of nitrogens with zero attached hydrogens (tertiary/aromatic N) is 1. The lowest BCUT2D eigenvalue weighted by Gasteiger charge is -2.43. The van der Waals surface area contributed by atoms with Gasteiger partial charge in [0.05, 0.1) is 26.8 Å². The number of nitrogens with one attached hydrogen (secondary N) is 1. The third-order valence-electron chi connectivity index (χ3n) is 5.01. The number of amides is 1. The number of carbonyl (C=O) groups is 1. The Morgan fingerprint density at radius 2 is 1.85 bits per heavy atom. The molecule has 146 valence electrons. The number of hydrogen-bond acceptors (Lipinski definition) is 6. The van der Waals surface area contributed by atoms with Crippen LogP contribution in [-0.4, -0.2) is 57.3 Å². The van der Waals surface area contributed by atoms with Crippen molar-refractivity contribution >= 4 is 16.1 Å². The quantitative estimate of drug-likeness (QED) is 0.748. The molecule has 1 saturated heterocycles. The van der Waals surface area contributed by atoms with Gasteiger partial charge < -0.3 is 24.7 Å². The third-order valence-corrected chi connectivity index (χ3v) is 7.66. The van der Waals surface area contributed by atoms with E-state index >= 15 is 0 Å². The Bertz CT molecular complexity index is 787. The van der Waals surface area contributed by atoms with Crippen LogP contribution in [0, 0.1) is 0 Å². The maximum atomic E-state index is 13.6. The van der Waals surface area contributed by atoms with Crippen molar-refractivity contribution in [2.45, 2.75) is 43.7 Å². The average molecular weight is 386 g/mol. The predicted molar refractivity (Wildman–Crippen MR) is 93.4 cm³/mol. The number of rotatable bonds is 5. The van der Waals surface area contributed by atoms with E-state index in [4.69, 9.17) is 9.47 Å². The van der Waals surface area contributed by atoms with Crippen LogP contribution in [0.4, 0.5) is 4.79 Å². The van der Waals surface area contributed by atoms with E-state index in [9.17, 15) is 18.3 Å². The van der Waals surface area contributed by atoms with Crippen LogP contribution in [0.25, 0.3) is 0 Å². The van der Waals surface area contributed by atoms with Crippen LogP contribution in [0.5, 0.6) is 11.5 Å².